The molecule has 2 aliphatic rings. The van der Waals surface area contributed by atoms with E-state index in [0.29, 0.717) is 0 Å². The van der Waals surface area contributed by atoms with E-state index in [2.05, 4.69) is 63.6 Å². The zero-order chi connectivity index (χ0) is 16.1. The van der Waals surface area contributed by atoms with Gasteiger partial charge >= 0.3 is 0 Å². The monoisotopic (exact) mass is 440 g/mol. The molecule has 0 spiro atoms. The summed E-state index contributed by atoms with van der Waals surface area (Å²) in [5.74, 6) is 1.79. The standard InChI is InChI=1S/C19H28N4.HI/c1-20-19(21-14-16-8-11-22(2)15-16)23-12-9-18(10-13-23)17-6-4-3-5-7-17;/h3-7,9,16H,8,10-15H2,1-2H3,(H,20,21);1H. The molecule has 1 N–H and O–H groups in total. The molecule has 5 heteroatoms. The minimum Gasteiger partial charge on any atom is -0.356 e. The number of nitrogens with one attached hydrogen (secondary N) is 1. The molecule has 1 saturated heterocycles. The third-order valence-corrected chi connectivity index (χ3v) is 4.90. The van der Waals surface area contributed by atoms with Crippen molar-refractivity contribution in [2.75, 3.05) is 46.8 Å². The summed E-state index contributed by atoms with van der Waals surface area (Å²) in [4.78, 5) is 9.24. The lowest BCUT2D eigenvalue weighted by molar-refractivity contribution is 0.388. The van der Waals surface area contributed by atoms with E-state index in [1.807, 2.05) is 7.05 Å². The first-order chi connectivity index (χ1) is 11.3. The molecule has 132 valence electrons. The van der Waals surface area contributed by atoms with E-state index in [0.717, 1.165) is 37.9 Å². The summed E-state index contributed by atoms with van der Waals surface area (Å²) in [6, 6.07) is 10.7. The van der Waals surface area contributed by atoms with Crippen molar-refractivity contribution < 1.29 is 0 Å². The SMILES string of the molecule is CN=C(NCC1CCN(C)C1)N1CC=C(c2ccccc2)CC1.I. The molecule has 0 saturated carbocycles. The van der Waals surface area contributed by atoms with Gasteiger partial charge in [0.2, 0.25) is 0 Å². The molecule has 3 rings (SSSR count). The fourth-order valence-electron chi connectivity index (χ4n) is 3.54. The number of likely N-dealkylation sites (tertiary alicyclic amines) is 1. The van der Waals surface area contributed by atoms with Crippen LogP contribution in [0.15, 0.2) is 41.4 Å². The van der Waals surface area contributed by atoms with Crippen molar-refractivity contribution in [2.24, 2.45) is 10.9 Å². The summed E-state index contributed by atoms with van der Waals surface area (Å²) >= 11 is 0. The Labute approximate surface area is 163 Å². The molecule has 1 atom stereocenters. The summed E-state index contributed by atoms with van der Waals surface area (Å²) in [5, 5.41) is 3.58. The van der Waals surface area contributed by atoms with Crippen LogP contribution in [-0.2, 0) is 0 Å². The Morgan fingerprint density at radius 2 is 2.04 bits per heavy atom. The van der Waals surface area contributed by atoms with Crippen LogP contribution in [0.2, 0.25) is 0 Å². The largest absolute Gasteiger partial charge is 0.356 e. The van der Waals surface area contributed by atoms with E-state index in [9.17, 15) is 0 Å². The summed E-state index contributed by atoms with van der Waals surface area (Å²) in [5.41, 5.74) is 2.80. The maximum absolute atomic E-state index is 4.48. The van der Waals surface area contributed by atoms with Crippen LogP contribution in [0.25, 0.3) is 5.57 Å². The van der Waals surface area contributed by atoms with E-state index in [1.165, 1.54) is 30.6 Å². The molecular formula is C19H29IN4. The highest BCUT2D eigenvalue weighted by Gasteiger charge is 2.21. The molecule has 0 bridgehead atoms. The number of hydrogen-bond donors (Lipinski definition) is 1. The Bertz CT molecular complexity index is 570. The first-order valence-electron chi connectivity index (χ1n) is 8.65. The van der Waals surface area contributed by atoms with Crippen LogP contribution in [-0.4, -0.2) is 62.6 Å². The van der Waals surface area contributed by atoms with Gasteiger partial charge in [-0.2, -0.15) is 0 Å². The van der Waals surface area contributed by atoms with Gasteiger partial charge in [0.05, 0.1) is 0 Å². The van der Waals surface area contributed by atoms with Gasteiger partial charge in [0, 0.05) is 33.2 Å². The lowest BCUT2D eigenvalue weighted by Gasteiger charge is -2.30. The molecule has 1 aromatic rings. The van der Waals surface area contributed by atoms with Gasteiger partial charge in [-0.05, 0) is 43.5 Å². The Morgan fingerprint density at radius 3 is 2.62 bits per heavy atom. The van der Waals surface area contributed by atoms with E-state index in [1.54, 1.807) is 0 Å². The highest BCUT2D eigenvalue weighted by molar-refractivity contribution is 14.0. The zero-order valence-electron chi connectivity index (χ0n) is 14.7. The average Bonchev–Trinajstić information content (AvgIpc) is 3.02. The fourth-order valence-corrected chi connectivity index (χ4v) is 3.54. The number of hydrogen-bond acceptors (Lipinski definition) is 2. The van der Waals surface area contributed by atoms with Crippen molar-refractivity contribution in [3.63, 3.8) is 0 Å². The molecule has 0 radical (unpaired) electrons. The van der Waals surface area contributed by atoms with Gasteiger partial charge in [-0.3, -0.25) is 4.99 Å². The first-order valence-corrected chi connectivity index (χ1v) is 8.65. The lowest BCUT2D eigenvalue weighted by Crippen LogP contribution is -2.45. The fraction of sp³-hybridized carbons (Fsp3) is 0.526. The molecule has 1 unspecified atom stereocenters. The third-order valence-electron chi connectivity index (χ3n) is 4.90. The molecule has 1 fully saturated rings. The second-order valence-corrected chi connectivity index (χ2v) is 6.64. The molecule has 4 nitrogen and oxygen atoms in total. The number of halogens is 1. The normalized spacial score (nSPS) is 22.1. The Kier molecular flexibility index (Phi) is 7.55. The maximum atomic E-state index is 4.48. The van der Waals surface area contributed by atoms with Crippen LogP contribution in [0.4, 0.5) is 0 Å². The predicted octanol–water partition coefficient (Wildman–Crippen LogP) is 2.92. The first kappa shape index (κ1) is 19.2. The number of benzene rings is 1. The van der Waals surface area contributed by atoms with Crippen molar-refractivity contribution in [1.82, 2.24) is 15.1 Å². The second-order valence-electron chi connectivity index (χ2n) is 6.64. The van der Waals surface area contributed by atoms with Gasteiger partial charge in [0.1, 0.15) is 0 Å². The molecule has 1 aromatic carbocycles. The third kappa shape index (κ3) is 4.96. The molecule has 0 amide bonds. The minimum atomic E-state index is 0. The van der Waals surface area contributed by atoms with Crippen LogP contribution in [0.3, 0.4) is 0 Å². The highest BCUT2D eigenvalue weighted by Crippen LogP contribution is 2.22. The van der Waals surface area contributed by atoms with Crippen molar-refractivity contribution >= 4 is 35.5 Å². The van der Waals surface area contributed by atoms with Gasteiger partial charge in [-0.25, -0.2) is 0 Å². The van der Waals surface area contributed by atoms with E-state index >= 15 is 0 Å². The quantitative estimate of drug-likeness (QED) is 0.446. The Hall–Kier alpha value is -1.08. The van der Waals surface area contributed by atoms with Crippen LogP contribution >= 0.6 is 24.0 Å². The maximum Gasteiger partial charge on any atom is 0.193 e. The van der Waals surface area contributed by atoms with Gasteiger partial charge in [-0.15, -0.1) is 24.0 Å². The van der Waals surface area contributed by atoms with Crippen LogP contribution in [0.5, 0.6) is 0 Å². The van der Waals surface area contributed by atoms with Gasteiger partial charge in [0.15, 0.2) is 5.96 Å². The summed E-state index contributed by atoms with van der Waals surface area (Å²) in [7, 11) is 4.09. The molecular weight excluding hydrogens is 411 g/mol. The van der Waals surface area contributed by atoms with E-state index in [4.69, 9.17) is 0 Å². The zero-order valence-corrected chi connectivity index (χ0v) is 17.1. The number of nitrogens with zero attached hydrogens (tertiary/aromatic N) is 3. The topological polar surface area (TPSA) is 30.9 Å². The van der Waals surface area contributed by atoms with Crippen molar-refractivity contribution in [1.29, 1.82) is 0 Å². The predicted molar refractivity (Wildman–Crippen MR) is 113 cm³/mol. The molecule has 24 heavy (non-hydrogen) atoms. The second kappa shape index (κ2) is 9.42. The van der Waals surface area contributed by atoms with Crippen molar-refractivity contribution in [3.8, 4) is 0 Å². The van der Waals surface area contributed by atoms with Crippen LogP contribution in [0.1, 0.15) is 18.4 Å². The van der Waals surface area contributed by atoms with Gasteiger partial charge in [0.25, 0.3) is 0 Å². The van der Waals surface area contributed by atoms with Crippen LogP contribution < -0.4 is 5.32 Å². The molecule has 2 aliphatic heterocycles. The molecule has 0 aliphatic carbocycles. The summed E-state index contributed by atoms with van der Waals surface area (Å²) in [6.07, 6.45) is 4.71. The molecule has 2 heterocycles. The number of aliphatic imine (C=N–C) groups is 1. The lowest BCUT2D eigenvalue weighted by atomic mass is 10.00. The van der Waals surface area contributed by atoms with Gasteiger partial charge < -0.3 is 15.1 Å². The molecule has 0 aromatic heterocycles. The summed E-state index contributed by atoms with van der Waals surface area (Å²) < 4.78 is 0. The smallest absolute Gasteiger partial charge is 0.193 e. The summed E-state index contributed by atoms with van der Waals surface area (Å²) in [6.45, 7) is 5.42. The van der Waals surface area contributed by atoms with Crippen molar-refractivity contribution in [2.45, 2.75) is 12.8 Å². The highest BCUT2D eigenvalue weighted by atomic mass is 127. The Balaban J connectivity index is 0.00000208. The number of rotatable bonds is 3. The van der Waals surface area contributed by atoms with E-state index in [-0.39, 0.29) is 24.0 Å². The van der Waals surface area contributed by atoms with Crippen molar-refractivity contribution in [3.05, 3.63) is 42.0 Å². The minimum absolute atomic E-state index is 0. The van der Waals surface area contributed by atoms with E-state index < -0.39 is 0 Å². The number of guanidine groups is 1. The van der Waals surface area contributed by atoms with Gasteiger partial charge in [-0.1, -0.05) is 36.4 Å². The Morgan fingerprint density at radius 1 is 1.25 bits per heavy atom. The average molecular weight is 440 g/mol. The van der Waals surface area contributed by atoms with Crippen LogP contribution in [0, 0.1) is 5.92 Å².